The van der Waals surface area contributed by atoms with Gasteiger partial charge in [0.15, 0.2) is 0 Å². The van der Waals surface area contributed by atoms with Gasteiger partial charge in [-0.1, -0.05) is 38.1 Å². The zero-order valence-electron chi connectivity index (χ0n) is 21.4. The quantitative estimate of drug-likeness (QED) is 0.183. The Labute approximate surface area is 220 Å². The molecule has 0 saturated carbocycles. The maximum atomic E-state index is 13.4. The Kier molecular flexibility index (Phi) is 7.81. The highest BCUT2D eigenvalue weighted by Gasteiger charge is 2.47. The number of aliphatic hydroxyl groups is 1. The Hall–Kier alpha value is -4.59. The summed E-state index contributed by atoms with van der Waals surface area (Å²) < 4.78 is 10.8. The number of hydrogen-bond acceptors (Lipinski definition) is 7. The van der Waals surface area contributed by atoms with Crippen LogP contribution in [0.2, 0.25) is 0 Å². The fourth-order valence-corrected chi connectivity index (χ4v) is 4.23. The molecule has 1 aliphatic heterocycles. The molecule has 1 fully saturated rings. The van der Waals surface area contributed by atoms with Gasteiger partial charge in [-0.15, -0.1) is 0 Å². The van der Waals surface area contributed by atoms with Gasteiger partial charge in [0.05, 0.1) is 30.4 Å². The van der Waals surface area contributed by atoms with E-state index in [9.17, 15) is 24.6 Å². The Bertz CT molecular complexity index is 1390. The molecule has 1 amide bonds. The molecule has 0 radical (unpaired) electrons. The lowest BCUT2D eigenvalue weighted by atomic mass is 9.95. The summed E-state index contributed by atoms with van der Waals surface area (Å²) in [4.78, 5) is 40.0. The van der Waals surface area contributed by atoms with Crippen LogP contribution in [0.15, 0.2) is 78.4 Å². The number of benzene rings is 3. The number of aliphatic hydroxyl groups excluding tert-OH is 1. The highest BCUT2D eigenvalue weighted by molar-refractivity contribution is 6.51. The monoisotopic (exact) mass is 515 g/mol. The third-order valence-corrected chi connectivity index (χ3v) is 5.98. The van der Waals surface area contributed by atoms with Crippen LogP contribution in [0.25, 0.3) is 5.76 Å². The normalized spacial score (nSPS) is 16.6. The Morgan fingerprint density at radius 1 is 0.974 bits per heavy atom. The van der Waals surface area contributed by atoms with Crippen LogP contribution in [0.3, 0.4) is 0 Å². The summed E-state index contributed by atoms with van der Waals surface area (Å²) in [6, 6.07) is 17.9. The number of anilines is 1. The van der Waals surface area contributed by atoms with Gasteiger partial charge in [0.2, 0.25) is 0 Å². The Balaban J connectivity index is 1.82. The first-order valence-electron chi connectivity index (χ1n) is 12.3. The van der Waals surface area contributed by atoms with Crippen molar-refractivity contribution in [3.05, 3.63) is 95.1 Å². The first kappa shape index (κ1) is 26.5. The molecule has 1 aliphatic rings. The number of hydrogen-bond donors (Lipinski definition) is 2. The molecule has 3 aromatic rings. The van der Waals surface area contributed by atoms with Crippen molar-refractivity contribution in [2.75, 3.05) is 18.1 Å². The number of ether oxygens (including phenoxy) is 2. The molecule has 196 valence electrons. The van der Waals surface area contributed by atoms with Gasteiger partial charge in [0.25, 0.3) is 11.7 Å². The minimum Gasteiger partial charge on any atom is -0.508 e. The lowest BCUT2D eigenvalue weighted by Gasteiger charge is -2.25. The second-order valence-corrected chi connectivity index (χ2v) is 9.26. The number of carbonyl (C=O) groups is 3. The predicted octanol–water partition coefficient (Wildman–Crippen LogP) is 5.23. The van der Waals surface area contributed by atoms with Crippen molar-refractivity contribution < 1.29 is 34.1 Å². The van der Waals surface area contributed by atoms with E-state index in [1.807, 2.05) is 13.8 Å². The van der Waals surface area contributed by atoms with Crippen molar-refractivity contribution in [1.82, 2.24) is 0 Å². The summed E-state index contributed by atoms with van der Waals surface area (Å²) in [6.45, 7) is 6.42. The van der Waals surface area contributed by atoms with E-state index in [1.54, 1.807) is 43.3 Å². The van der Waals surface area contributed by atoms with E-state index in [-0.39, 0.29) is 23.7 Å². The smallest absolute Gasteiger partial charge is 0.338 e. The fraction of sp³-hybridized carbons (Fsp3) is 0.233. The van der Waals surface area contributed by atoms with Crippen molar-refractivity contribution in [2.24, 2.45) is 5.92 Å². The number of rotatable bonds is 8. The number of carbonyl (C=O) groups excluding carboxylic acids is 3. The maximum Gasteiger partial charge on any atom is 0.338 e. The highest BCUT2D eigenvalue weighted by atomic mass is 16.5. The van der Waals surface area contributed by atoms with Crippen LogP contribution in [-0.2, 0) is 14.3 Å². The molecule has 8 heteroatoms. The summed E-state index contributed by atoms with van der Waals surface area (Å²) in [5, 5.41) is 21.5. The van der Waals surface area contributed by atoms with Crippen molar-refractivity contribution in [3.8, 4) is 11.5 Å². The molecular weight excluding hydrogens is 486 g/mol. The molecule has 8 nitrogen and oxygen atoms in total. The van der Waals surface area contributed by atoms with Crippen LogP contribution in [-0.4, -0.2) is 41.1 Å². The minimum atomic E-state index is -1.03. The molecule has 38 heavy (non-hydrogen) atoms. The molecule has 2 N–H and O–H groups in total. The summed E-state index contributed by atoms with van der Waals surface area (Å²) >= 11 is 0. The van der Waals surface area contributed by atoms with Crippen LogP contribution in [0.4, 0.5) is 5.69 Å². The van der Waals surface area contributed by atoms with Crippen molar-refractivity contribution >= 4 is 29.1 Å². The standard InChI is InChI=1S/C30H29NO7/c1-4-37-30(36)19-11-13-22(14-12-19)31-26(20-7-5-9-23(32)15-20)25(28(34)29(31)35)27(33)21-8-6-10-24(16-21)38-17-18(2)3/h5-16,18,26,32-33H,4,17H2,1-3H3/b27-25+. The number of phenolic OH excluding ortho intramolecular Hbond substituents is 1. The van der Waals surface area contributed by atoms with Gasteiger partial charge in [-0.25, -0.2) is 4.79 Å². The zero-order valence-corrected chi connectivity index (χ0v) is 21.4. The largest absolute Gasteiger partial charge is 0.508 e. The molecule has 0 bridgehead atoms. The first-order chi connectivity index (χ1) is 18.2. The number of Topliss-reactive ketones (excluding diaryl/α,β-unsaturated/α-hetero) is 1. The van der Waals surface area contributed by atoms with E-state index in [1.165, 1.54) is 41.3 Å². The topological polar surface area (TPSA) is 113 Å². The second kappa shape index (κ2) is 11.2. The molecule has 0 aliphatic carbocycles. The number of amides is 1. The molecule has 3 aromatic carbocycles. The summed E-state index contributed by atoms with van der Waals surface area (Å²) in [6.07, 6.45) is 0. The van der Waals surface area contributed by atoms with E-state index >= 15 is 0 Å². The first-order valence-corrected chi connectivity index (χ1v) is 12.3. The Morgan fingerprint density at radius 3 is 2.34 bits per heavy atom. The van der Waals surface area contributed by atoms with Gasteiger partial charge >= 0.3 is 5.97 Å². The van der Waals surface area contributed by atoms with Gasteiger partial charge in [-0.3, -0.25) is 14.5 Å². The van der Waals surface area contributed by atoms with Crippen molar-refractivity contribution in [2.45, 2.75) is 26.8 Å². The van der Waals surface area contributed by atoms with Crippen molar-refractivity contribution in [1.29, 1.82) is 0 Å². The Morgan fingerprint density at radius 2 is 1.68 bits per heavy atom. The average molecular weight is 516 g/mol. The lowest BCUT2D eigenvalue weighted by molar-refractivity contribution is -0.132. The predicted molar refractivity (Wildman–Crippen MR) is 142 cm³/mol. The minimum absolute atomic E-state index is 0.0603. The van der Waals surface area contributed by atoms with E-state index < -0.39 is 23.7 Å². The number of esters is 1. The summed E-state index contributed by atoms with van der Waals surface area (Å²) in [5.41, 5.74) is 1.23. The van der Waals surface area contributed by atoms with Crippen LogP contribution in [0.5, 0.6) is 11.5 Å². The molecule has 1 saturated heterocycles. The van der Waals surface area contributed by atoms with E-state index in [2.05, 4.69) is 0 Å². The second-order valence-electron chi connectivity index (χ2n) is 9.26. The average Bonchev–Trinajstić information content (AvgIpc) is 3.17. The molecule has 1 heterocycles. The van der Waals surface area contributed by atoms with E-state index in [4.69, 9.17) is 9.47 Å². The fourth-order valence-electron chi connectivity index (χ4n) is 4.23. The number of ketones is 1. The molecular formula is C30H29NO7. The molecule has 1 atom stereocenters. The SMILES string of the molecule is CCOC(=O)c1ccc(N2C(=O)C(=O)/C(=C(/O)c3cccc(OCC(C)C)c3)C2c2cccc(O)c2)cc1. The molecule has 0 aromatic heterocycles. The van der Waals surface area contributed by atoms with Gasteiger partial charge < -0.3 is 19.7 Å². The highest BCUT2D eigenvalue weighted by Crippen LogP contribution is 2.43. The summed E-state index contributed by atoms with van der Waals surface area (Å²) in [5.74, 6) is -1.86. The van der Waals surface area contributed by atoms with Crippen molar-refractivity contribution in [3.63, 3.8) is 0 Å². The summed E-state index contributed by atoms with van der Waals surface area (Å²) in [7, 11) is 0. The zero-order chi connectivity index (χ0) is 27.4. The third-order valence-electron chi connectivity index (χ3n) is 5.98. The van der Waals surface area contributed by atoms with E-state index in [0.717, 1.165) is 0 Å². The molecule has 1 unspecified atom stereocenters. The van der Waals surface area contributed by atoms with Gasteiger partial charge in [-0.05, 0) is 66.9 Å². The van der Waals surface area contributed by atoms with Gasteiger partial charge in [0, 0.05) is 11.3 Å². The van der Waals surface area contributed by atoms with Crippen LogP contribution in [0.1, 0.15) is 48.3 Å². The third kappa shape index (κ3) is 5.39. The number of phenols is 1. The lowest BCUT2D eigenvalue weighted by Crippen LogP contribution is -2.29. The van der Waals surface area contributed by atoms with Gasteiger partial charge in [-0.2, -0.15) is 0 Å². The molecule has 4 rings (SSSR count). The number of aromatic hydroxyl groups is 1. The van der Waals surface area contributed by atoms with Crippen LogP contribution < -0.4 is 9.64 Å². The number of nitrogens with zero attached hydrogens (tertiary/aromatic N) is 1. The maximum absolute atomic E-state index is 13.4. The van der Waals surface area contributed by atoms with Crippen LogP contribution in [0, 0.1) is 5.92 Å². The van der Waals surface area contributed by atoms with Gasteiger partial charge in [0.1, 0.15) is 17.3 Å². The van der Waals surface area contributed by atoms with E-state index in [0.29, 0.717) is 40.7 Å². The molecule has 0 spiro atoms. The van der Waals surface area contributed by atoms with Crippen LogP contribution >= 0.6 is 0 Å².